The molecule has 0 radical (unpaired) electrons. The average molecular weight is 485 g/mol. The van der Waals surface area contributed by atoms with Crippen molar-refractivity contribution in [3.63, 3.8) is 0 Å². The van der Waals surface area contributed by atoms with Crippen molar-refractivity contribution in [3.8, 4) is 0 Å². The first-order valence-electron chi connectivity index (χ1n) is 11.2. The highest BCUT2D eigenvalue weighted by molar-refractivity contribution is 6.33. The van der Waals surface area contributed by atoms with E-state index in [0.717, 1.165) is 5.56 Å². The van der Waals surface area contributed by atoms with Gasteiger partial charge < -0.3 is 4.74 Å². The van der Waals surface area contributed by atoms with Gasteiger partial charge in [0.1, 0.15) is 10.7 Å². The molecule has 0 saturated heterocycles. The first-order chi connectivity index (χ1) is 15.9. The summed E-state index contributed by atoms with van der Waals surface area (Å²) in [7, 11) is 0. The van der Waals surface area contributed by atoms with E-state index < -0.39 is 5.97 Å². The molecule has 2 aromatic carbocycles. The molecule has 1 aliphatic carbocycles. The van der Waals surface area contributed by atoms with E-state index in [-0.39, 0.29) is 23.1 Å². The molecule has 0 spiro atoms. The zero-order valence-electron chi connectivity index (χ0n) is 18.5. The molecule has 172 valence electrons. The van der Waals surface area contributed by atoms with Gasteiger partial charge in [0, 0.05) is 10.6 Å². The third-order valence-electron chi connectivity index (χ3n) is 6.19. The molecule has 33 heavy (non-hydrogen) atoms. The molecule has 1 aromatic heterocycles. The lowest BCUT2D eigenvalue weighted by Gasteiger charge is -2.22. The Labute approximate surface area is 203 Å². The van der Waals surface area contributed by atoms with Gasteiger partial charge in [-0.15, -0.1) is 0 Å². The fourth-order valence-electron chi connectivity index (χ4n) is 4.34. The molecule has 1 heterocycles. The summed E-state index contributed by atoms with van der Waals surface area (Å²) in [5, 5.41) is 5.09. The molecule has 3 aromatic rings. The predicted octanol–water partition coefficient (Wildman–Crippen LogP) is 6.63. The van der Waals surface area contributed by atoms with Crippen LogP contribution in [0.1, 0.15) is 75.6 Å². The van der Waals surface area contributed by atoms with Crippen molar-refractivity contribution in [1.29, 1.82) is 0 Å². The predicted molar refractivity (Wildman–Crippen MR) is 129 cm³/mol. The summed E-state index contributed by atoms with van der Waals surface area (Å²) < 4.78 is 6.79. The van der Waals surface area contributed by atoms with Gasteiger partial charge in [-0.3, -0.25) is 4.79 Å². The summed E-state index contributed by atoms with van der Waals surface area (Å²) in [4.78, 5) is 25.3. The van der Waals surface area contributed by atoms with Gasteiger partial charge in [0.15, 0.2) is 12.4 Å². The summed E-state index contributed by atoms with van der Waals surface area (Å²) in [5.41, 5.74) is 3.22. The van der Waals surface area contributed by atoms with Crippen LogP contribution in [0.4, 0.5) is 0 Å². The third-order valence-corrected chi connectivity index (χ3v) is 6.94. The number of nitrogens with zero attached hydrogens (tertiary/aromatic N) is 2. The maximum atomic E-state index is 12.7. The topological polar surface area (TPSA) is 61.2 Å². The van der Waals surface area contributed by atoms with Crippen LogP contribution in [0.2, 0.25) is 10.2 Å². The van der Waals surface area contributed by atoms with E-state index in [0.29, 0.717) is 28.7 Å². The van der Waals surface area contributed by atoms with Crippen LogP contribution in [0.3, 0.4) is 0 Å². The second kappa shape index (κ2) is 10.5. The number of carbonyl (C=O) groups is 2. The molecule has 0 amide bonds. The zero-order valence-corrected chi connectivity index (χ0v) is 20.0. The highest BCUT2D eigenvalue weighted by atomic mass is 35.5. The minimum absolute atomic E-state index is 0.154. The van der Waals surface area contributed by atoms with Crippen molar-refractivity contribution in [1.82, 2.24) is 9.78 Å². The molecular formula is C26H26Cl2N2O3. The van der Waals surface area contributed by atoms with Crippen LogP contribution in [-0.2, 0) is 11.3 Å². The maximum absolute atomic E-state index is 12.7. The van der Waals surface area contributed by atoms with Gasteiger partial charge >= 0.3 is 5.97 Å². The van der Waals surface area contributed by atoms with Gasteiger partial charge in [-0.2, -0.15) is 5.10 Å². The fraction of sp³-hybridized carbons (Fsp3) is 0.346. The Hall–Kier alpha value is -2.63. The molecule has 0 aliphatic heterocycles. The lowest BCUT2D eigenvalue weighted by molar-refractivity contribution is 0.0474. The van der Waals surface area contributed by atoms with Crippen LogP contribution in [0, 0.1) is 6.92 Å². The SMILES string of the molecule is Cc1nn(Cc2ccccc2Cl)c(Cl)c1C(=O)OCC(=O)c1ccc(C2CCCCC2)cc1. The first kappa shape index (κ1) is 23.5. The number of rotatable bonds is 7. The van der Waals surface area contributed by atoms with E-state index in [1.54, 1.807) is 13.0 Å². The van der Waals surface area contributed by atoms with E-state index in [2.05, 4.69) is 5.10 Å². The highest BCUT2D eigenvalue weighted by Gasteiger charge is 2.23. The Morgan fingerprint density at radius 2 is 1.73 bits per heavy atom. The van der Waals surface area contributed by atoms with Crippen molar-refractivity contribution < 1.29 is 14.3 Å². The molecular weight excluding hydrogens is 459 g/mol. The van der Waals surface area contributed by atoms with Crippen molar-refractivity contribution in [2.75, 3.05) is 6.61 Å². The van der Waals surface area contributed by atoms with E-state index in [9.17, 15) is 9.59 Å². The van der Waals surface area contributed by atoms with Crippen molar-refractivity contribution in [2.24, 2.45) is 0 Å². The largest absolute Gasteiger partial charge is 0.454 e. The minimum Gasteiger partial charge on any atom is -0.454 e. The Morgan fingerprint density at radius 3 is 2.42 bits per heavy atom. The molecule has 1 fully saturated rings. The van der Waals surface area contributed by atoms with E-state index >= 15 is 0 Å². The van der Waals surface area contributed by atoms with Crippen LogP contribution in [-0.4, -0.2) is 28.1 Å². The van der Waals surface area contributed by atoms with Crippen LogP contribution < -0.4 is 0 Å². The average Bonchev–Trinajstić information content (AvgIpc) is 3.12. The first-order valence-corrected chi connectivity index (χ1v) is 12.0. The summed E-state index contributed by atoms with van der Waals surface area (Å²) in [6.45, 7) is 1.64. The van der Waals surface area contributed by atoms with Gasteiger partial charge in [0.2, 0.25) is 0 Å². The number of halogens is 2. The van der Waals surface area contributed by atoms with Crippen LogP contribution in [0.15, 0.2) is 48.5 Å². The summed E-state index contributed by atoms with van der Waals surface area (Å²) in [6.07, 6.45) is 6.24. The Morgan fingerprint density at radius 1 is 1.03 bits per heavy atom. The van der Waals surface area contributed by atoms with Gasteiger partial charge in [0.05, 0.1) is 12.2 Å². The Kier molecular flexibility index (Phi) is 7.51. The molecule has 0 N–H and O–H groups in total. The molecule has 0 atom stereocenters. The van der Waals surface area contributed by atoms with Crippen LogP contribution >= 0.6 is 23.2 Å². The second-order valence-electron chi connectivity index (χ2n) is 8.46. The number of esters is 1. The summed E-state index contributed by atoms with van der Waals surface area (Å²) in [5.74, 6) is -0.348. The van der Waals surface area contributed by atoms with Crippen molar-refractivity contribution in [3.05, 3.63) is 86.7 Å². The Balaban J connectivity index is 1.39. The summed E-state index contributed by atoms with van der Waals surface area (Å²) in [6, 6.07) is 15.0. The third kappa shape index (κ3) is 5.48. The number of ether oxygens (including phenoxy) is 1. The quantitative estimate of drug-likeness (QED) is 0.278. The van der Waals surface area contributed by atoms with Gasteiger partial charge in [0.25, 0.3) is 0 Å². The van der Waals surface area contributed by atoms with Crippen molar-refractivity contribution in [2.45, 2.75) is 51.5 Å². The van der Waals surface area contributed by atoms with Gasteiger partial charge in [-0.05, 0) is 42.9 Å². The van der Waals surface area contributed by atoms with E-state index in [4.69, 9.17) is 27.9 Å². The molecule has 1 aliphatic rings. The maximum Gasteiger partial charge on any atom is 0.343 e. The minimum atomic E-state index is -0.671. The van der Waals surface area contributed by atoms with Crippen LogP contribution in [0.25, 0.3) is 0 Å². The van der Waals surface area contributed by atoms with Gasteiger partial charge in [-0.25, -0.2) is 9.48 Å². The second-order valence-corrected chi connectivity index (χ2v) is 9.22. The number of ketones is 1. The normalized spacial score (nSPS) is 14.3. The number of aromatic nitrogens is 2. The Bertz CT molecular complexity index is 1150. The highest BCUT2D eigenvalue weighted by Crippen LogP contribution is 2.32. The molecule has 5 nitrogen and oxygen atoms in total. The van der Waals surface area contributed by atoms with Crippen LogP contribution in [0.5, 0.6) is 0 Å². The fourth-order valence-corrected chi connectivity index (χ4v) is 4.85. The molecule has 0 bridgehead atoms. The molecule has 7 heteroatoms. The standard InChI is InChI=1S/C26H26Cl2N2O3/c1-17-24(25(28)30(29-17)15-21-9-5-6-10-22(21)27)26(32)33-16-23(31)20-13-11-19(12-14-20)18-7-3-2-4-8-18/h5-6,9-14,18H,2-4,7-8,15-16H2,1H3. The number of hydrogen-bond acceptors (Lipinski definition) is 4. The number of Topliss-reactive ketones (excluding diaryl/α,β-unsaturated/α-hetero) is 1. The lowest BCUT2D eigenvalue weighted by atomic mass is 9.84. The smallest absolute Gasteiger partial charge is 0.343 e. The zero-order chi connectivity index (χ0) is 23.4. The number of aryl methyl sites for hydroxylation is 1. The van der Waals surface area contributed by atoms with Crippen molar-refractivity contribution >= 4 is 35.0 Å². The molecule has 1 saturated carbocycles. The molecule has 0 unspecified atom stereocenters. The van der Waals surface area contributed by atoms with Gasteiger partial charge in [-0.1, -0.05) is 84.9 Å². The monoisotopic (exact) mass is 484 g/mol. The lowest BCUT2D eigenvalue weighted by Crippen LogP contribution is -2.15. The number of benzene rings is 2. The van der Waals surface area contributed by atoms with E-state index in [1.807, 2.05) is 42.5 Å². The molecule has 4 rings (SSSR count). The van der Waals surface area contributed by atoms with E-state index in [1.165, 1.54) is 42.3 Å². The summed E-state index contributed by atoms with van der Waals surface area (Å²) >= 11 is 12.6. The number of carbonyl (C=O) groups excluding carboxylic acids is 2. The number of hydrogen-bond donors (Lipinski definition) is 0.